The van der Waals surface area contributed by atoms with Crippen LogP contribution in [0.4, 0.5) is 5.13 Å². The standard InChI is InChI=1S/C23H25N3O3S2/c1-13-5-8-18(31(28,29)26-17-6-7-17)11-20(13)22(27)25-23-24-21(12-30-23)19-10-15(3)14(2)9-16(19)4/h5,8-12,17,26H,6-7H2,1-4H3,(H,24,25,27). The van der Waals surface area contributed by atoms with Gasteiger partial charge >= 0.3 is 0 Å². The van der Waals surface area contributed by atoms with Crippen LogP contribution in [0, 0.1) is 27.7 Å². The molecule has 0 radical (unpaired) electrons. The summed E-state index contributed by atoms with van der Waals surface area (Å²) in [5.74, 6) is -0.376. The van der Waals surface area contributed by atoms with E-state index in [1.165, 1.54) is 34.6 Å². The molecule has 1 fully saturated rings. The van der Waals surface area contributed by atoms with Crippen LogP contribution in [0.1, 0.15) is 45.5 Å². The summed E-state index contributed by atoms with van der Waals surface area (Å²) in [6.07, 6.45) is 1.70. The van der Waals surface area contributed by atoms with Gasteiger partial charge in [-0.05, 0) is 81.0 Å². The maximum absolute atomic E-state index is 12.9. The third kappa shape index (κ3) is 4.71. The second kappa shape index (κ2) is 8.18. The van der Waals surface area contributed by atoms with Crippen molar-refractivity contribution >= 4 is 32.4 Å². The molecule has 1 saturated carbocycles. The van der Waals surface area contributed by atoms with Gasteiger partial charge in [-0.1, -0.05) is 12.1 Å². The van der Waals surface area contributed by atoms with Gasteiger partial charge < -0.3 is 0 Å². The van der Waals surface area contributed by atoms with Crippen molar-refractivity contribution < 1.29 is 13.2 Å². The van der Waals surface area contributed by atoms with E-state index in [0.717, 1.165) is 29.7 Å². The number of anilines is 1. The topological polar surface area (TPSA) is 88.2 Å². The fourth-order valence-corrected chi connectivity index (χ4v) is 5.39. The third-order valence-electron chi connectivity index (χ3n) is 5.50. The summed E-state index contributed by atoms with van der Waals surface area (Å²) in [6, 6.07) is 8.86. The molecule has 0 spiro atoms. The molecule has 2 N–H and O–H groups in total. The van der Waals surface area contributed by atoms with Crippen LogP contribution in [-0.4, -0.2) is 25.4 Å². The first-order valence-corrected chi connectivity index (χ1v) is 12.5. The molecule has 162 valence electrons. The quantitative estimate of drug-likeness (QED) is 0.562. The lowest BCUT2D eigenvalue weighted by Gasteiger charge is -2.10. The number of hydrogen-bond acceptors (Lipinski definition) is 5. The van der Waals surface area contributed by atoms with Crippen LogP contribution in [0.3, 0.4) is 0 Å². The Balaban J connectivity index is 1.57. The van der Waals surface area contributed by atoms with Gasteiger partial charge in [0.05, 0.1) is 10.6 Å². The van der Waals surface area contributed by atoms with Gasteiger partial charge in [-0.15, -0.1) is 11.3 Å². The largest absolute Gasteiger partial charge is 0.298 e. The summed E-state index contributed by atoms with van der Waals surface area (Å²) in [5.41, 5.74) is 6.41. The van der Waals surface area contributed by atoms with Gasteiger partial charge in [0.1, 0.15) is 0 Å². The van der Waals surface area contributed by atoms with Gasteiger partial charge in [-0.2, -0.15) is 0 Å². The van der Waals surface area contributed by atoms with Crippen LogP contribution in [0.15, 0.2) is 40.6 Å². The maximum atomic E-state index is 12.9. The Bertz CT molecular complexity index is 1280. The fraction of sp³-hybridized carbons (Fsp3) is 0.304. The van der Waals surface area contributed by atoms with Crippen LogP contribution in [0.25, 0.3) is 11.3 Å². The van der Waals surface area contributed by atoms with Crippen molar-refractivity contribution in [1.29, 1.82) is 0 Å². The number of aryl methyl sites for hydroxylation is 4. The minimum Gasteiger partial charge on any atom is -0.298 e. The molecule has 0 saturated heterocycles. The van der Waals surface area contributed by atoms with E-state index in [1.54, 1.807) is 13.0 Å². The highest BCUT2D eigenvalue weighted by atomic mass is 32.2. The molecule has 1 amide bonds. The number of benzene rings is 2. The molecule has 6 nitrogen and oxygen atoms in total. The number of carbonyl (C=O) groups excluding carboxylic acids is 1. The van der Waals surface area contributed by atoms with Crippen molar-refractivity contribution in [2.75, 3.05) is 5.32 Å². The molecule has 1 aliphatic rings. The minimum absolute atomic E-state index is 0.00573. The van der Waals surface area contributed by atoms with Crippen LogP contribution in [0.5, 0.6) is 0 Å². The lowest BCUT2D eigenvalue weighted by molar-refractivity contribution is 0.102. The Hall–Kier alpha value is -2.55. The fourth-order valence-electron chi connectivity index (χ4n) is 3.36. The predicted molar refractivity (Wildman–Crippen MR) is 124 cm³/mol. The lowest BCUT2D eigenvalue weighted by Crippen LogP contribution is -2.26. The lowest BCUT2D eigenvalue weighted by atomic mass is 9.99. The Morgan fingerprint density at radius 1 is 1.00 bits per heavy atom. The van der Waals surface area contributed by atoms with Crippen LogP contribution in [-0.2, 0) is 10.0 Å². The van der Waals surface area contributed by atoms with Crippen molar-refractivity contribution in [3.8, 4) is 11.3 Å². The molecular weight excluding hydrogens is 430 g/mol. The summed E-state index contributed by atoms with van der Waals surface area (Å²) < 4.78 is 27.7. The highest BCUT2D eigenvalue weighted by molar-refractivity contribution is 7.89. The molecule has 4 rings (SSSR count). The number of carbonyl (C=O) groups is 1. The number of hydrogen-bond donors (Lipinski definition) is 2. The van der Waals surface area contributed by atoms with E-state index in [2.05, 4.69) is 41.0 Å². The molecule has 1 aliphatic carbocycles. The summed E-state index contributed by atoms with van der Waals surface area (Å²) in [7, 11) is -3.63. The monoisotopic (exact) mass is 455 g/mol. The van der Waals surface area contributed by atoms with Crippen molar-refractivity contribution in [3.63, 3.8) is 0 Å². The Morgan fingerprint density at radius 2 is 1.71 bits per heavy atom. The zero-order chi connectivity index (χ0) is 22.3. The van der Waals surface area contributed by atoms with Gasteiger partial charge in [0, 0.05) is 22.5 Å². The zero-order valence-electron chi connectivity index (χ0n) is 17.9. The van der Waals surface area contributed by atoms with Crippen molar-refractivity contribution in [3.05, 3.63) is 63.5 Å². The van der Waals surface area contributed by atoms with Crippen molar-refractivity contribution in [2.24, 2.45) is 0 Å². The summed E-state index contributed by atoms with van der Waals surface area (Å²) in [4.78, 5) is 17.6. The first-order chi connectivity index (χ1) is 14.6. The molecule has 1 aromatic heterocycles. The summed E-state index contributed by atoms with van der Waals surface area (Å²) in [5, 5.41) is 5.21. The first-order valence-electron chi connectivity index (χ1n) is 10.1. The number of amides is 1. The molecule has 8 heteroatoms. The SMILES string of the molecule is Cc1cc(C)c(-c2csc(NC(=O)c3cc(S(=O)(=O)NC4CC4)ccc3C)n2)cc1C. The van der Waals surface area contributed by atoms with E-state index >= 15 is 0 Å². The average Bonchev–Trinajstić information content (AvgIpc) is 3.39. The number of aromatic nitrogens is 1. The highest BCUT2D eigenvalue weighted by Gasteiger charge is 2.28. The Morgan fingerprint density at radius 3 is 2.42 bits per heavy atom. The molecular formula is C23H25N3O3S2. The number of sulfonamides is 1. The minimum atomic E-state index is -3.63. The first kappa shape index (κ1) is 21.7. The average molecular weight is 456 g/mol. The molecule has 3 aromatic rings. The molecule has 0 bridgehead atoms. The van der Waals surface area contributed by atoms with Gasteiger partial charge in [-0.25, -0.2) is 18.1 Å². The molecule has 31 heavy (non-hydrogen) atoms. The van der Waals surface area contributed by atoms with Gasteiger partial charge in [0.25, 0.3) is 5.91 Å². The Kier molecular flexibility index (Phi) is 5.72. The molecule has 0 unspecified atom stereocenters. The van der Waals surface area contributed by atoms with E-state index in [-0.39, 0.29) is 16.8 Å². The normalized spacial score (nSPS) is 13.9. The van der Waals surface area contributed by atoms with Crippen LogP contribution >= 0.6 is 11.3 Å². The van der Waals surface area contributed by atoms with E-state index in [0.29, 0.717) is 16.3 Å². The molecule has 1 heterocycles. The molecule has 2 aromatic carbocycles. The second-order valence-electron chi connectivity index (χ2n) is 8.12. The third-order valence-corrected chi connectivity index (χ3v) is 7.78. The summed E-state index contributed by atoms with van der Waals surface area (Å²) >= 11 is 1.34. The van der Waals surface area contributed by atoms with Crippen molar-refractivity contribution in [2.45, 2.75) is 51.5 Å². The zero-order valence-corrected chi connectivity index (χ0v) is 19.6. The van der Waals surface area contributed by atoms with E-state index in [9.17, 15) is 13.2 Å². The van der Waals surface area contributed by atoms with Crippen LogP contribution < -0.4 is 10.0 Å². The Labute approximate surface area is 186 Å². The van der Waals surface area contributed by atoms with Crippen LogP contribution in [0.2, 0.25) is 0 Å². The maximum Gasteiger partial charge on any atom is 0.257 e. The highest BCUT2D eigenvalue weighted by Crippen LogP contribution is 2.30. The number of nitrogens with zero attached hydrogens (tertiary/aromatic N) is 1. The van der Waals surface area contributed by atoms with Crippen molar-refractivity contribution in [1.82, 2.24) is 9.71 Å². The number of thiazole rings is 1. The summed E-state index contributed by atoms with van der Waals surface area (Å²) in [6.45, 7) is 7.97. The molecule has 0 atom stereocenters. The second-order valence-corrected chi connectivity index (χ2v) is 10.7. The molecule has 0 aliphatic heterocycles. The number of rotatable bonds is 6. The van der Waals surface area contributed by atoms with Gasteiger partial charge in [0.15, 0.2) is 5.13 Å². The van der Waals surface area contributed by atoms with Gasteiger partial charge in [0.2, 0.25) is 10.0 Å². The van der Waals surface area contributed by atoms with E-state index < -0.39 is 10.0 Å². The predicted octanol–water partition coefficient (Wildman–Crippen LogP) is 4.74. The van der Waals surface area contributed by atoms with E-state index in [4.69, 9.17) is 0 Å². The number of nitrogens with one attached hydrogen (secondary N) is 2. The van der Waals surface area contributed by atoms with Gasteiger partial charge in [-0.3, -0.25) is 10.1 Å². The smallest absolute Gasteiger partial charge is 0.257 e. The van der Waals surface area contributed by atoms with E-state index in [1.807, 2.05) is 12.3 Å².